The van der Waals surface area contributed by atoms with Crippen LogP contribution in [0.25, 0.3) is 0 Å². The van der Waals surface area contributed by atoms with E-state index in [1.54, 1.807) is 0 Å². The summed E-state index contributed by atoms with van der Waals surface area (Å²) in [6.45, 7) is 0. The van der Waals surface area contributed by atoms with Gasteiger partial charge in [0.1, 0.15) is 0 Å². The Labute approximate surface area is 314 Å². The molecular formula is C17HF38NO5SSi. The molecule has 63 heavy (non-hydrogen) atoms. The summed E-state index contributed by atoms with van der Waals surface area (Å²) >= 11 is 0. The fourth-order valence-corrected chi connectivity index (χ4v) is 8.81. The van der Waals surface area contributed by atoms with Gasteiger partial charge < -0.3 is 0 Å². The maximum atomic E-state index is 16.2. The Hall–Kier alpha value is -2.65. The predicted octanol–water partition coefficient (Wildman–Crippen LogP) is 10.7. The second-order valence-corrected chi connectivity index (χ2v) is 15.5. The molecule has 0 bridgehead atoms. The van der Waals surface area contributed by atoms with Crippen molar-refractivity contribution in [1.82, 2.24) is 5.32 Å². The van der Waals surface area contributed by atoms with Crippen molar-refractivity contribution in [3.63, 3.8) is 0 Å². The van der Waals surface area contributed by atoms with Crippen molar-refractivity contribution < 1.29 is 189 Å². The molecule has 1 unspecified atom stereocenters. The Balaban J connectivity index is 9.40. The van der Waals surface area contributed by atoms with E-state index >= 15 is 13.2 Å². The summed E-state index contributed by atoms with van der Waals surface area (Å²) in [4.78, 5) is 0. The van der Waals surface area contributed by atoms with Gasteiger partial charge in [-0.2, -0.15) is 128 Å². The van der Waals surface area contributed by atoms with E-state index < -0.39 is 125 Å². The lowest BCUT2D eigenvalue weighted by atomic mass is 9.91. The molecular weight excluding hydrogens is 1080 g/mol. The van der Waals surface area contributed by atoms with E-state index in [0.717, 1.165) is 13.3 Å². The van der Waals surface area contributed by atoms with Crippen molar-refractivity contribution in [2.75, 3.05) is 0 Å². The lowest BCUT2D eigenvalue weighted by molar-refractivity contribution is -0.458. The van der Waals surface area contributed by atoms with Crippen molar-refractivity contribution in [3.8, 4) is 0 Å². The van der Waals surface area contributed by atoms with E-state index in [4.69, 9.17) is 0 Å². The molecule has 1 atom stereocenters. The Morgan fingerprint density at radius 2 is 0.524 bits per heavy atom. The van der Waals surface area contributed by atoms with Gasteiger partial charge in [0.05, 0.1) is 0 Å². The molecule has 0 rings (SSSR count). The van der Waals surface area contributed by atoms with Crippen LogP contribution in [0.2, 0.25) is 0 Å². The van der Waals surface area contributed by atoms with Crippen LogP contribution in [0.4, 0.5) is 167 Å². The molecule has 0 spiro atoms. The van der Waals surface area contributed by atoms with Gasteiger partial charge in [-0.05, 0) is 0 Å². The minimum absolute atomic E-state index is 1.01. The third-order valence-corrected chi connectivity index (χ3v) is 12.5. The molecule has 0 amide bonds. The van der Waals surface area contributed by atoms with Gasteiger partial charge in [-0.25, -0.2) is 12.8 Å². The molecule has 1 N–H and O–H groups in total. The quantitative estimate of drug-likeness (QED) is 0.0889. The van der Waals surface area contributed by atoms with E-state index in [1.165, 1.54) is 0 Å². The molecule has 0 aliphatic heterocycles. The summed E-state index contributed by atoms with van der Waals surface area (Å²) in [7, 11) is -24.3. The van der Waals surface area contributed by atoms with Crippen LogP contribution in [0.1, 0.15) is 0 Å². The SMILES string of the molecule is O=S(=O)(C(F)(F)C(F)(F)C(F)(F)C(F)(F)C(F)(F)C(F)(F)C(F)(F)C(F)(F)F)C(F)(C(F)(F)C(F)(F)NC(F)(F)C(F)(F)C(F)(F)F)[Si](OC(F)(F)F)(OC(F)(F)F)OC(F)(F)F. The Bertz CT molecular complexity index is 1710. The Morgan fingerprint density at radius 1 is 0.302 bits per heavy atom. The van der Waals surface area contributed by atoms with Gasteiger partial charge >= 0.3 is 110 Å². The average Bonchev–Trinajstić information content (AvgIpc) is 2.94. The fraction of sp³-hybridized carbons (Fsp3) is 1.00. The number of alkyl halides is 38. The highest BCUT2D eigenvalue weighted by Gasteiger charge is 3.01. The number of rotatable bonds is 17. The number of halogens is 38. The second kappa shape index (κ2) is 15.2. The van der Waals surface area contributed by atoms with Gasteiger partial charge in [0.25, 0.3) is 9.84 Å². The number of nitrogens with one attached hydrogen (secondary N) is 1. The highest BCUT2D eigenvalue weighted by molar-refractivity contribution is 7.95. The maximum absolute atomic E-state index is 16.2. The maximum Gasteiger partial charge on any atom is 0.583 e. The topological polar surface area (TPSA) is 73.9 Å². The lowest BCUT2D eigenvalue weighted by Crippen LogP contribution is -2.84. The zero-order valence-corrected chi connectivity index (χ0v) is 28.1. The van der Waals surface area contributed by atoms with Crippen LogP contribution in [-0.2, 0) is 23.1 Å². The summed E-state index contributed by atoms with van der Waals surface area (Å²) < 4.78 is 533. The summed E-state index contributed by atoms with van der Waals surface area (Å²) in [5.74, 6) is -79.7. The molecule has 0 aliphatic carbocycles. The molecule has 0 aromatic heterocycles. The van der Waals surface area contributed by atoms with Crippen molar-refractivity contribution in [3.05, 3.63) is 0 Å². The highest BCUT2D eigenvalue weighted by Crippen LogP contribution is 2.67. The molecule has 0 aromatic rings. The molecule has 6 nitrogen and oxygen atoms in total. The van der Waals surface area contributed by atoms with Gasteiger partial charge in [-0.15, -0.1) is 39.5 Å². The van der Waals surface area contributed by atoms with E-state index in [-0.39, 0.29) is 0 Å². The minimum atomic E-state index is -12.2. The molecule has 46 heteroatoms. The van der Waals surface area contributed by atoms with Crippen LogP contribution in [0.3, 0.4) is 0 Å². The Kier molecular flexibility index (Phi) is 14.5. The van der Waals surface area contributed by atoms with Crippen molar-refractivity contribution in [2.24, 2.45) is 0 Å². The first-order chi connectivity index (χ1) is 26.3. The van der Waals surface area contributed by atoms with Gasteiger partial charge in [-0.3, -0.25) is 13.3 Å². The normalized spacial score (nSPS) is 17.9. The van der Waals surface area contributed by atoms with Crippen LogP contribution in [0.15, 0.2) is 0 Å². The van der Waals surface area contributed by atoms with Crippen LogP contribution in [0.5, 0.6) is 0 Å². The number of hydrogen-bond acceptors (Lipinski definition) is 6. The molecule has 0 saturated heterocycles. The van der Waals surface area contributed by atoms with Crippen molar-refractivity contribution >= 4 is 18.6 Å². The average molecular weight is 1080 g/mol. The van der Waals surface area contributed by atoms with Crippen LogP contribution in [-0.4, -0.2) is 118 Å². The first-order valence-electron chi connectivity index (χ1n) is 12.6. The van der Waals surface area contributed by atoms with E-state index in [2.05, 4.69) is 0 Å². The van der Waals surface area contributed by atoms with Crippen molar-refractivity contribution in [2.45, 2.75) is 101 Å². The number of hydrogen-bond donors (Lipinski definition) is 1. The van der Waals surface area contributed by atoms with Crippen LogP contribution >= 0.6 is 0 Å². The molecule has 0 radical (unpaired) electrons. The predicted molar refractivity (Wildman–Crippen MR) is 110 cm³/mol. The first kappa shape index (κ1) is 60.3. The lowest BCUT2D eigenvalue weighted by Gasteiger charge is -2.47. The third-order valence-electron chi connectivity index (χ3n) is 6.41. The molecule has 0 aromatic carbocycles. The van der Waals surface area contributed by atoms with Crippen molar-refractivity contribution in [1.29, 1.82) is 0 Å². The summed E-state index contributed by atoms with van der Waals surface area (Å²) in [6.07, 6.45) is -42.8. The van der Waals surface area contributed by atoms with E-state index in [0.29, 0.717) is 0 Å². The minimum Gasteiger partial charge on any atom is -0.281 e. The smallest absolute Gasteiger partial charge is 0.281 e. The molecule has 0 heterocycles. The van der Waals surface area contributed by atoms with E-state index in [9.17, 15) is 162 Å². The monoisotopic (exact) mass is 1080 g/mol. The summed E-state index contributed by atoms with van der Waals surface area (Å²) in [5, 5.41) is -13.6. The zero-order valence-electron chi connectivity index (χ0n) is 26.3. The van der Waals surface area contributed by atoms with Crippen LogP contribution < -0.4 is 5.32 Å². The van der Waals surface area contributed by atoms with Gasteiger partial charge in [-0.1, -0.05) is 0 Å². The first-order valence-corrected chi connectivity index (χ1v) is 15.9. The number of sulfone groups is 1. The molecule has 0 fully saturated rings. The molecule has 0 aliphatic rings. The second-order valence-electron chi connectivity index (χ2n) is 10.7. The molecule has 380 valence electrons. The summed E-state index contributed by atoms with van der Waals surface area (Å²) in [5.41, 5.74) is 0. The fourth-order valence-electron chi connectivity index (χ4n) is 3.47. The highest BCUT2D eigenvalue weighted by atomic mass is 32.2. The van der Waals surface area contributed by atoms with Crippen LogP contribution in [0, 0.1) is 0 Å². The standard InChI is InChI=1S/C17HF38NO5SSi/c18-1(19,3(22,23)5(26,27)9(34,35)36)2(20,21)4(24,25)6(28,29)13(44,45)62(57,58)14(46,63(59-15(47,48)49,60-16(50,51)52)61-17(53,54)55)8(32,33)12(42,43)56-11(40,41)7(30,31)10(37,38)39/h56H. The Morgan fingerprint density at radius 3 is 0.762 bits per heavy atom. The van der Waals surface area contributed by atoms with Gasteiger partial charge in [0.15, 0.2) is 0 Å². The largest absolute Gasteiger partial charge is 0.583 e. The van der Waals surface area contributed by atoms with E-state index in [1.807, 2.05) is 0 Å². The summed E-state index contributed by atoms with van der Waals surface area (Å²) in [6, 6.07) is -18.5. The molecule has 0 saturated carbocycles. The third kappa shape index (κ3) is 8.99. The van der Waals surface area contributed by atoms with Gasteiger partial charge in [0, 0.05) is 0 Å². The van der Waals surface area contributed by atoms with Gasteiger partial charge in [0.2, 0.25) is 0 Å². The zero-order chi connectivity index (χ0) is 52.3.